The second kappa shape index (κ2) is 7.37. The van der Waals surface area contributed by atoms with Crippen LogP contribution in [0.25, 0.3) is 0 Å². The zero-order chi connectivity index (χ0) is 18.0. The zero-order valence-electron chi connectivity index (χ0n) is 16.0. The molecule has 3 heterocycles. The van der Waals surface area contributed by atoms with Crippen LogP contribution in [0.3, 0.4) is 0 Å². The molecule has 0 amide bonds. The topological polar surface area (TPSA) is 63.0 Å². The molecule has 1 saturated heterocycles. The van der Waals surface area contributed by atoms with Gasteiger partial charge in [-0.3, -0.25) is 0 Å². The lowest BCUT2D eigenvalue weighted by Crippen LogP contribution is -2.37. The molecule has 1 aliphatic rings. The lowest BCUT2D eigenvalue weighted by atomic mass is 10.0. The van der Waals surface area contributed by atoms with Gasteiger partial charge in [0.2, 0.25) is 11.9 Å². The Morgan fingerprint density at radius 3 is 2.68 bits per heavy atom. The number of imidazole rings is 1. The van der Waals surface area contributed by atoms with Crippen LogP contribution in [-0.2, 0) is 6.54 Å². The fourth-order valence-electron chi connectivity index (χ4n) is 3.28. The normalized spacial score (nSPS) is 18.0. The zero-order valence-corrected chi connectivity index (χ0v) is 16.0. The van der Waals surface area contributed by atoms with Gasteiger partial charge in [-0.2, -0.15) is 15.0 Å². The summed E-state index contributed by atoms with van der Waals surface area (Å²) >= 11 is 0. The number of piperidine rings is 1. The number of aryl methyl sites for hydroxylation is 1. The smallest absolute Gasteiger partial charge is 0.231 e. The lowest BCUT2D eigenvalue weighted by Gasteiger charge is -2.36. The standard InChI is InChI=1S/C18H29N7/c1-6-24-12-10-19-16(24)14-9-7-8-11-25(14)18-21-15(13(2)3)20-17(22-18)23(4)5/h10,12-14H,6-9,11H2,1-5H3. The summed E-state index contributed by atoms with van der Waals surface area (Å²) in [4.78, 5) is 23.1. The van der Waals surface area contributed by atoms with Gasteiger partial charge in [0.15, 0.2) is 0 Å². The van der Waals surface area contributed by atoms with E-state index < -0.39 is 0 Å². The Morgan fingerprint density at radius 2 is 2.00 bits per heavy atom. The second-order valence-corrected chi connectivity index (χ2v) is 7.12. The van der Waals surface area contributed by atoms with Crippen LogP contribution in [0, 0.1) is 0 Å². The van der Waals surface area contributed by atoms with Crippen molar-refractivity contribution in [1.29, 1.82) is 0 Å². The number of anilines is 2. The molecule has 0 aliphatic carbocycles. The van der Waals surface area contributed by atoms with Crippen LogP contribution in [0.15, 0.2) is 12.4 Å². The summed E-state index contributed by atoms with van der Waals surface area (Å²) in [5, 5.41) is 0. The Hall–Kier alpha value is -2.18. The third-order valence-electron chi connectivity index (χ3n) is 4.69. The molecule has 136 valence electrons. The van der Waals surface area contributed by atoms with E-state index in [4.69, 9.17) is 9.97 Å². The summed E-state index contributed by atoms with van der Waals surface area (Å²) in [6.07, 6.45) is 7.39. The van der Waals surface area contributed by atoms with Crippen LogP contribution in [-0.4, -0.2) is 45.1 Å². The van der Waals surface area contributed by atoms with E-state index in [1.54, 1.807) is 0 Å². The first-order chi connectivity index (χ1) is 12.0. The van der Waals surface area contributed by atoms with E-state index in [1.165, 1.54) is 6.42 Å². The molecule has 2 aromatic rings. The number of hydrogen-bond donors (Lipinski definition) is 0. The average molecular weight is 343 g/mol. The van der Waals surface area contributed by atoms with Crippen molar-refractivity contribution in [3.8, 4) is 0 Å². The first kappa shape index (κ1) is 17.6. The monoisotopic (exact) mass is 343 g/mol. The van der Waals surface area contributed by atoms with Gasteiger partial charge in [0.1, 0.15) is 11.6 Å². The van der Waals surface area contributed by atoms with Crippen LogP contribution < -0.4 is 9.80 Å². The van der Waals surface area contributed by atoms with Gasteiger partial charge >= 0.3 is 0 Å². The summed E-state index contributed by atoms with van der Waals surface area (Å²) in [5.74, 6) is 3.72. The van der Waals surface area contributed by atoms with Crippen LogP contribution in [0.4, 0.5) is 11.9 Å². The van der Waals surface area contributed by atoms with Gasteiger partial charge in [0, 0.05) is 45.5 Å². The highest BCUT2D eigenvalue weighted by Gasteiger charge is 2.30. The molecule has 0 saturated carbocycles. The molecule has 1 unspecified atom stereocenters. The SMILES string of the molecule is CCn1ccnc1C1CCCCN1c1nc(C(C)C)nc(N(C)C)n1. The van der Waals surface area contributed by atoms with E-state index in [1.807, 2.05) is 25.2 Å². The Balaban J connectivity index is 2.03. The van der Waals surface area contributed by atoms with Crippen LogP contribution in [0.2, 0.25) is 0 Å². The highest BCUT2D eigenvalue weighted by Crippen LogP contribution is 2.33. The van der Waals surface area contributed by atoms with E-state index in [9.17, 15) is 0 Å². The molecule has 0 radical (unpaired) electrons. The minimum absolute atomic E-state index is 0.223. The van der Waals surface area contributed by atoms with Crippen molar-refractivity contribution >= 4 is 11.9 Å². The number of aromatic nitrogens is 5. The highest BCUT2D eigenvalue weighted by molar-refractivity contribution is 5.41. The summed E-state index contributed by atoms with van der Waals surface area (Å²) in [6, 6.07) is 0.223. The van der Waals surface area contributed by atoms with Crippen LogP contribution in [0.5, 0.6) is 0 Å². The summed E-state index contributed by atoms with van der Waals surface area (Å²) in [6.45, 7) is 8.28. The maximum absolute atomic E-state index is 4.79. The Morgan fingerprint density at radius 1 is 1.20 bits per heavy atom. The van der Waals surface area contributed by atoms with Crippen molar-refractivity contribution < 1.29 is 0 Å². The van der Waals surface area contributed by atoms with Crippen molar-refractivity contribution in [2.45, 2.75) is 58.5 Å². The van der Waals surface area contributed by atoms with Crippen molar-refractivity contribution in [2.24, 2.45) is 0 Å². The average Bonchev–Trinajstić information content (AvgIpc) is 3.09. The van der Waals surface area contributed by atoms with Gasteiger partial charge in [0.25, 0.3) is 0 Å². The van der Waals surface area contributed by atoms with E-state index >= 15 is 0 Å². The molecule has 2 aromatic heterocycles. The quantitative estimate of drug-likeness (QED) is 0.831. The van der Waals surface area contributed by atoms with Gasteiger partial charge < -0.3 is 14.4 Å². The molecule has 7 heteroatoms. The molecule has 7 nitrogen and oxygen atoms in total. The number of rotatable bonds is 5. The van der Waals surface area contributed by atoms with E-state index in [0.717, 1.165) is 49.5 Å². The molecular weight excluding hydrogens is 314 g/mol. The summed E-state index contributed by atoms with van der Waals surface area (Å²) in [7, 11) is 3.95. The maximum atomic E-state index is 4.79. The number of nitrogens with zero attached hydrogens (tertiary/aromatic N) is 7. The highest BCUT2D eigenvalue weighted by atomic mass is 15.4. The third-order valence-corrected chi connectivity index (χ3v) is 4.69. The van der Waals surface area contributed by atoms with Gasteiger partial charge in [-0.25, -0.2) is 4.98 Å². The Labute approximate surface area is 150 Å². The van der Waals surface area contributed by atoms with Crippen molar-refractivity contribution in [2.75, 3.05) is 30.4 Å². The van der Waals surface area contributed by atoms with Gasteiger partial charge in [-0.1, -0.05) is 13.8 Å². The van der Waals surface area contributed by atoms with E-state index in [0.29, 0.717) is 0 Å². The third kappa shape index (κ3) is 3.60. The van der Waals surface area contributed by atoms with Gasteiger partial charge in [0.05, 0.1) is 6.04 Å². The van der Waals surface area contributed by atoms with Gasteiger partial charge in [-0.15, -0.1) is 0 Å². The minimum atomic E-state index is 0.223. The molecule has 0 bridgehead atoms. The Kier molecular flexibility index (Phi) is 5.20. The Bertz CT molecular complexity index is 681. The van der Waals surface area contributed by atoms with Crippen LogP contribution in [0.1, 0.15) is 63.6 Å². The molecule has 25 heavy (non-hydrogen) atoms. The van der Waals surface area contributed by atoms with Crippen molar-refractivity contribution in [3.05, 3.63) is 24.0 Å². The fraction of sp³-hybridized carbons (Fsp3) is 0.667. The molecule has 1 fully saturated rings. The summed E-state index contributed by atoms with van der Waals surface area (Å²) in [5.41, 5.74) is 0. The van der Waals surface area contributed by atoms with Crippen LogP contribution >= 0.6 is 0 Å². The summed E-state index contributed by atoms with van der Waals surface area (Å²) < 4.78 is 2.22. The molecule has 0 spiro atoms. The predicted octanol–water partition coefficient (Wildman–Crippen LogP) is 3.01. The molecule has 1 atom stereocenters. The molecule has 1 aliphatic heterocycles. The minimum Gasteiger partial charge on any atom is -0.347 e. The second-order valence-electron chi connectivity index (χ2n) is 7.12. The largest absolute Gasteiger partial charge is 0.347 e. The molecule has 3 rings (SSSR count). The van der Waals surface area contributed by atoms with E-state index in [-0.39, 0.29) is 12.0 Å². The molecular formula is C18H29N7. The van der Waals surface area contributed by atoms with Gasteiger partial charge in [-0.05, 0) is 26.2 Å². The maximum Gasteiger partial charge on any atom is 0.231 e. The fourth-order valence-corrected chi connectivity index (χ4v) is 3.28. The lowest BCUT2D eigenvalue weighted by molar-refractivity contribution is 0.434. The number of hydrogen-bond acceptors (Lipinski definition) is 6. The predicted molar refractivity (Wildman–Crippen MR) is 100 cm³/mol. The molecule has 0 N–H and O–H groups in total. The molecule has 0 aromatic carbocycles. The first-order valence-electron chi connectivity index (χ1n) is 9.22. The first-order valence-corrected chi connectivity index (χ1v) is 9.22. The van der Waals surface area contributed by atoms with Crippen molar-refractivity contribution in [3.63, 3.8) is 0 Å². The van der Waals surface area contributed by atoms with Crippen molar-refractivity contribution in [1.82, 2.24) is 24.5 Å². The van der Waals surface area contributed by atoms with E-state index in [2.05, 4.69) is 46.4 Å².